The number of aromatic carboxylic acids is 1. The molecule has 2 rings (SSSR count). The van der Waals surface area contributed by atoms with Crippen molar-refractivity contribution in [1.29, 1.82) is 0 Å². The van der Waals surface area contributed by atoms with Crippen LogP contribution < -0.4 is 0 Å². The molecular weight excluding hydrogens is 241 g/mol. The number of rotatable bonds is 4. The topological polar surface area (TPSA) is 72.6 Å². The maximum Gasteiger partial charge on any atom is 0.374 e. The van der Waals surface area contributed by atoms with Gasteiger partial charge < -0.3 is 14.4 Å². The second-order valence-corrected chi connectivity index (χ2v) is 3.62. The number of hydrogen-bond donors (Lipinski definition) is 1. The Morgan fingerprint density at radius 1 is 1.50 bits per heavy atom. The second kappa shape index (κ2) is 4.97. The molecule has 6 heteroatoms. The molecule has 94 valence electrons. The zero-order valence-electron chi connectivity index (χ0n) is 9.51. The summed E-state index contributed by atoms with van der Waals surface area (Å²) in [6.45, 7) is 0.172. The molecule has 0 atom stereocenters. The minimum Gasteiger partial charge on any atom is -0.475 e. The minimum atomic E-state index is -1.22. The monoisotopic (exact) mass is 251 g/mol. The van der Waals surface area contributed by atoms with E-state index in [1.54, 1.807) is 12.1 Å². The predicted molar refractivity (Wildman–Crippen MR) is 59.6 cm³/mol. The van der Waals surface area contributed by atoms with E-state index in [0.29, 0.717) is 11.1 Å². The third kappa shape index (κ3) is 2.38. The zero-order valence-corrected chi connectivity index (χ0v) is 9.51. The number of nitrogens with zero attached hydrogens (tertiary/aromatic N) is 1. The lowest BCUT2D eigenvalue weighted by molar-refractivity contribution is 0.0652. The van der Waals surface area contributed by atoms with Gasteiger partial charge in [-0.05, 0) is 6.07 Å². The van der Waals surface area contributed by atoms with Gasteiger partial charge in [-0.3, -0.25) is 0 Å². The summed E-state index contributed by atoms with van der Waals surface area (Å²) < 4.78 is 23.1. The molecule has 0 amide bonds. The van der Waals surface area contributed by atoms with Crippen LogP contribution in [-0.2, 0) is 11.3 Å². The van der Waals surface area contributed by atoms with Gasteiger partial charge in [0.2, 0.25) is 5.76 Å². The SMILES string of the molecule is COCc1ccc(-c2cc(C(=O)O)on2)cc1F. The molecule has 1 heterocycles. The van der Waals surface area contributed by atoms with Crippen LogP contribution >= 0.6 is 0 Å². The first-order valence-corrected chi connectivity index (χ1v) is 5.09. The first-order chi connectivity index (χ1) is 8.61. The van der Waals surface area contributed by atoms with Crippen LogP contribution in [0.5, 0.6) is 0 Å². The van der Waals surface area contributed by atoms with E-state index in [0.717, 1.165) is 0 Å². The molecule has 18 heavy (non-hydrogen) atoms. The van der Waals surface area contributed by atoms with Crippen molar-refractivity contribution >= 4 is 5.97 Å². The highest BCUT2D eigenvalue weighted by molar-refractivity contribution is 5.85. The smallest absolute Gasteiger partial charge is 0.374 e. The number of benzene rings is 1. The molecular formula is C12H10FNO4. The molecule has 0 aliphatic carbocycles. The van der Waals surface area contributed by atoms with Crippen molar-refractivity contribution in [2.75, 3.05) is 7.11 Å². The van der Waals surface area contributed by atoms with Crippen LogP contribution in [0, 0.1) is 5.82 Å². The average Bonchev–Trinajstić information content (AvgIpc) is 2.81. The Bertz CT molecular complexity index is 579. The lowest BCUT2D eigenvalue weighted by Gasteiger charge is -2.03. The molecule has 0 radical (unpaired) electrons. The van der Waals surface area contributed by atoms with Crippen LogP contribution in [0.25, 0.3) is 11.3 Å². The number of hydrogen-bond acceptors (Lipinski definition) is 4. The highest BCUT2D eigenvalue weighted by Crippen LogP contribution is 2.22. The Hall–Kier alpha value is -2.21. The summed E-state index contributed by atoms with van der Waals surface area (Å²) in [5.74, 6) is -1.94. The summed E-state index contributed by atoms with van der Waals surface area (Å²) in [5.41, 5.74) is 1.14. The standard InChI is InChI=1S/C12H10FNO4/c1-17-6-8-3-2-7(4-9(8)13)10-5-11(12(15)16)18-14-10/h2-5H,6H2,1H3,(H,15,16). The van der Waals surface area contributed by atoms with Crippen molar-refractivity contribution in [1.82, 2.24) is 5.16 Å². The molecule has 0 aliphatic heterocycles. The number of carboxylic acids is 1. The van der Waals surface area contributed by atoms with E-state index in [1.807, 2.05) is 0 Å². The van der Waals surface area contributed by atoms with Crippen LogP contribution in [0.1, 0.15) is 16.1 Å². The van der Waals surface area contributed by atoms with Crippen molar-refractivity contribution in [2.45, 2.75) is 6.61 Å². The summed E-state index contributed by atoms with van der Waals surface area (Å²) in [6, 6.07) is 5.69. The summed E-state index contributed by atoms with van der Waals surface area (Å²) in [7, 11) is 1.48. The van der Waals surface area contributed by atoms with E-state index >= 15 is 0 Å². The van der Waals surface area contributed by atoms with Gasteiger partial charge in [0, 0.05) is 24.3 Å². The average molecular weight is 251 g/mol. The van der Waals surface area contributed by atoms with Crippen molar-refractivity contribution in [2.24, 2.45) is 0 Å². The number of ether oxygens (including phenoxy) is 1. The maximum atomic E-state index is 13.6. The molecule has 0 spiro atoms. The van der Waals surface area contributed by atoms with Gasteiger partial charge in [-0.2, -0.15) is 0 Å². The van der Waals surface area contributed by atoms with Crippen LogP contribution in [0.3, 0.4) is 0 Å². The minimum absolute atomic E-state index is 0.172. The molecule has 0 bridgehead atoms. The quantitative estimate of drug-likeness (QED) is 0.902. The van der Waals surface area contributed by atoms with Crippen LogP contribution in [-0.4, -0.2) is 23.3 Å². The Morgan fingerprint density at radius 2 is 2.28 bits per heavy atom. The Morgan fingerprint density at radius 3 is 2.83 bits per heavy atom. The fourth-order valence-electron chi connectivity index (χ4n) is 1.49. The predicted octanol–water partition coefficient (Wildman–Crippen LogP) is 2.33. The van der Waals surface area contributed by atoms with Gasteiger partial charge >= 0.3 is 5.97 Å². The van der Waals surface area contributed by atoms with Crippen LogP contribution in [0.4, 0.5) is 4.39 Å². The van der Waals surface area contributed by atoms with Gasteiger partial charge in [0.15, 0.2) is 0 Å². The molecule has 0 aliphatic rings. The number of carbonyl (C=O) groups is 1. The van der Waals surface area contributed by atoms with Crippen LogP contribution in [0.2, 0.25) is 0 Å². The summed E-state index contributed by atoms with van der Waals surface area (Å²) in [4.78, 5) is 10.6. The Kier molecular flexibility index (Phi) is 3.38. The van der Waals surface area contributed by atoms with E-state index < -0.39 is 11.8 Å². The maximum absolute atomic E-state index is 13.6. The van der Waals surface area contributed by atoms with E-state index in [9.17, 15) is 9.18 Å². The number of halogens is 1. The van der Waals surface area contributed by atoms with E-state index in [1.165, 1.54) is 19.2 Å². The largest absolute Gasteiger partial charge is 0.475 e. The van der Waals surface area contributed by atoms with Gasteiger partial charge in [0.1, 0.15) is 11.5 Å². The second-order valence-electron chi connectivity index (χ2n) is 3.62. The summed E-state index contributed by atoms with van der Waals surface area (Å²) in [6.07, 6.45) is 0. The van der Waals surface area contributed by atoms with E-state index in [-0.39, 0.29) is 18.1 Å². The molecule has 0 unspecified atom stereocenters. The van der Waals surface area contributed by atoms with E-state index in [2.05, 4.69) is 9.68 Å². The molecule has 1 aromatic heterocycles. The summed E-state index contributed by atoms with van der Waals surface area (Å²) >= 11 is 0. The van der Waals surface area contributed by atoms with Gasteiger partial charge in [0.25, 0.3) is 0 Å². The zero-order chi connectivity index (χ0) is 13.1. The fraction of sp³-hybridized carbons (Fsp3) is 0.167. The van der Waals surface area contributed by atoms with E-state index in [4.69, 9.17) is 9.84 Å². The first kappa shape index (κ1) is 12.3. The molecule has 0 saturated heterocycles. The van der Waals surface area contributed by atoms with Gasteiger partial charge in [-0.15, -0.1) is 0 Å². The first-order valence-electron chi connectivity index (χ1n) is 5.09. The highest BCUT2D eigenvalue weighted by Gasteiger charge is 2.13. The summed E-state index contributed by atoms with van der Waals surface area (Å²) in [5, 5.41) is 12.3. The third-order valence-electron chi connectivity index (χ3n) is 2.37. The number of carboxylic acid groups (broad SMARTS) is 1. The lowest BCUT2D eigenvalue weighted by atomic mass is 10.1. The van der Waals surface area contributed by atoms with Gasteiger partial charge in [-0.1, -0.05) is 17.3 Å². The molecule has 0 fully saturated rings. The lowest BCUT2D eigenvalue weighted by Crippen LogP contribution is -1.93. The fourth-order valence-corrected chi connectivity index (χ4v) is 1.49. The number of aromatic nitrogens is 1. The van der Waals surface area contributed by atoms with Crippen molar-refractivity contribution in [3.8, 4) is 11.3 Å². The molecule has 1 aromatic carbocycles. The highest BCUT2D eigenvalue weighted by atomic mass is 19.1. The molecule has 0 saturated carbocycles. The third-order valence-corrected chi connectivity index (χ3v) is 2.37. The van der Waals surface area contributed by atoms with Crippen molar-refractivity contribution in [3.63, 3.8) is 0 Å². The normalized spacial score (nSPS) is 10.6. The number of methoxy groups -OCH3 is 1. The van der Waals surface area contributed by atoms with Crippen molar-refractivity contribution < 1.29 is 23.6 Å². The molecule has 1 N–H and O–H groups in total. The molecule has 2 aromatic rings. The Labute approximate surface area is 102 Å². The van der Waals surface area contributed by atoms with Gasteiger partial charge in [0.05, 0.1) is 6.61 Å². The van der Waals surface area contributed by atoms with Crippen molar-refractivity contribution in [3.05, 3.63) is 41.4 Å². The van der Waals surface area contributed by atoms with Gasteiger partial charge in [-0.25, -0.2) is 9.18 Å². The molecule has 5 nitrogen and oxygen atoms in total. The van der Waals surface area contributed by atoms with Crippen LogP contribution in [0.15, 0.2) is 28.8 Å². The Balaban J connectivity index is 2.33.